The molecule has 0 bridgehead atoms. The lowest BCUT2D eigenvalue weighted by Gasteiger charge is -2.28. The second kappa shape index (κ2) is 10.6. The van der Waals surface area contributed by atoms with E-state index < -0.39 is 0 Å². The molecule has 9 nitrogen and oxygen atoms in total. The van der Waals surface area contributed by atoms with Crippen LogP contribution in [-0.4, -0.2) is 61.6 Å². The number of hydrogen-bond acceptors (Lipinski definition) is 8. The summed E-state index contributed by atoms with van der Waals surface area (Å²) < 4.78 is 10.7. The summed E-state index contributed by atoms with van der Waals surface area (Å²) in [6.45, 7) is 4.34. The van der Waals surface area contributed by atoms with Crippen LogP contribution >= 0.6 is 0 Å². The van der Waals surface area contributed by atoms with Gasteiger partial charge in [-0.05, 0) is 48.9 Å². The Morgan fingerprint density at radius 1 is 0.941 bits per heavy atom. The van der Waals surface area contributed by atoms with Crippen LogP contribution in [0.2, 0.25) is 0 Å². The highest BCUT2D eigenvalue weighted by atomic mass is 16.5. The lowest BCUT2D eigenvalue weighted by molar-refractivity contribution is -0.120. The summed E-state index contributed by atoms with van der Waals surface area (Å²) in [7, 11) is 0. The van der Waals surface area contributed by atoms with E-state index in [4.69, 9.17) is 9.47 Å². The molecule has 9 heteroatoms. The van der Waals surface area contributed by atoms with Crippen molar-refractivity contribution in [2.45, 2.75) is 12.5 Å². The average molecular weight is 461 g/mol. The molecule has 0 spiro atoms. The molecule has 0 radical (unpaired) electrons. The molecule has 1 aromatic heterocycles. The Kier molecular flexibility index (Phi) is 6.94. The molecule has 0 unspecified atom stereocenters. The summed E-state index contributed by atoms with van der Waals surface area (Å²) in [5, 5.41) is 9.29. The van der Waals surface area contributed by atoms with Gasteiger partial charge in [-0.3, -0.25) is 10.1 Å². The van der Waals surface area contributed by atoms with E-state index >= 15 is 0 Å². The number of carbonyl (C=O) groups excluding carboxylic acids is 1. The molecule has 2 aliphatic heterocycles. The van der Waals surface area contributed by atoms with Gasteiger partial charge in [-0.25, -0.2) is 9.97 Å². The quantitative estimate of drug-likeness (QED) is 0.516. The van der Waals surface area contributed by atoms with Gasteiger partial charge in [-0.15, -0.1) is 0 Å². The summed E-state index contributed by atoms with van der Waals surface area (Å²) in [4.78, 5) is 23.7. The zero-order valence-electron chi connectivity index (χ0n) is 18.9. The molecule has 34 heavy (non-hydrogen) atoms. The van der Waals surface area contributed by atoms with E-state index in [-0.39, 0.29) is 11.9 Å². The SMILES string of the molecule is O=C(Nc1ccc(-c2ccnc(Nc3ccc(N4CCOCC4)cc3)n2)cc1)[C@H]1CCOCN1. The molecule has 176 valence electrons. The van der Waals surface area contributed by atoms with E-state index in [1.54, 1.807) is 6.20 Å². The number of hydrogen-bond donors (Lipinski definition) is 3. The summed E-state index contributed by atoms with van der Waals surface area (Å²) in [6.07, 6.45) is 2.40. The third-order valence-electron chi connectivity index (χ3n) is 5.90. The van der Waals surface area contributed by atoms with Crippen molar-refractivity contribution in [1.29, 1.82) is 0 Å². The van der Waals surface area contributed by atoms with Crippen molar-refractivity contribution in [2.75, 3.05) is 55.2 Å². The third-order valence-corrected chi connectivity index (χ3v) is 5.90. The van der Waals surface area contributed by atoms with Crippen molar-refractivity contribution in [3.63, 3.8) is 0 Å². The molecule has 0 aliphatic carbocycles. The van der Waals surface area contributed by atoms with Crippen LogP contribution in [0.25, 0.3) is 11.3 Å². The minimum Gasteiger partial charge on any atom is -0.378 e. The number of rotatable bonds is 6. The maximum absolute atomic E-state index is 12.4. The van der Waals surface area contributed by atoms with Crippen LogP contribution in [0.4, 0.5) is 23.0 Å². The van der Waals surface area contributed by atoms with Gasteiger partial charge in [0.05, 0.1) is 38.3 Å². The number of nitrogens with one attached hydrogen (secondary N) is 3. The molecule has 1 amide bonds. The first-order chi connectivity index (χ1) is 16.7. The highest BCUT2D eigenvalue weighted by Gasteiger charge is 2.20. The fourth-order valence-electron chi connectivity index (χ4n) is 4.00. The number of benzene rings is 2. The first kappa shape index (κ1) is 22.3. The van der Waals surface area contributed by atoms with Gasteiger partial charge in [-0.2, -0.15) is 0 Å². The maximum Gasteiger partial charge on any atom is 0.241 e. The lowest BCUT2D eigenvalue weighted by Crippen LogP contribution is -2.45. The van der Waals surface area contributed by atoms with Crippen LogP contribution in [-0.2, 0) is 14.3 Å². The molecule has 2 aromatic carbocycles. The standard InChI is InChI=1S/C25H28N6O3/c32-24(23-10-14-34-17-27-23)28-19-3-1-18(2-4-19)22-9-11-26-25(30-22)29-20-5-7-21(8-6-20)31-12-15-33-16-13-31/h1-9,11,23,27H,10,12-17H2,(H,28,32)(H,26,29,30)/t23-/m1/s1. The molecule has 1 atom stereocenters. The Hall–Kier alpha value is -3.53. The van der Waals surface area contributed by atoms with Crippen molar-refractivity contribution in [3.8, 4) is 11.3 Å². The number of amides is 1. The smallest absolute Gasteiger partial charge is 0.241 e. The average Bonchev–Trinajstić information content (AvgIpc) is 2.91. The van der Waals surface area contributed by atoms with Crippen molar-refractivity contribution in [2.24, 2.45) is 0 Å². The summed E-state index contributed by atoms with van der Waals surface area (Å²) >= 11 is 0. The van der Waals surface area contributed by atoms with E-state index in [9.17, 15) is 4.79 Å². The molecule has 2 saturated heterocycles. The van der Waals surface area contributed by atoms with Crippen LogP contribution in [0.3, 0.4) is 0 Å². The van der Waals surface area contributed by atoms with E-state index in [2.05, 4.69) is 43.0 Å². The van der Waals surface area contributed by atoms with Gasteiger partial charge >= 0.3 is 0 Å². The van der Waals surface area contributed by atoms with Gasteiger partial charge < -0.3 is 25.0 Å². The van der Waals surface area contributed by atoms with Crippen molar-refractivity contribution >= 4 is 28.9 Å². The van der Waals surface area contributed by atoms with Gasteiger partial charge in [0.25, 0.3) is 0 Å². The zero-order valence-corrected chi connectivity index (χ0v) is 18.9. The molecule has 3 heterocycles. The van der Waals surface area contributed by atoms with E-state index in [0.29, 0.717) is 25.7 Å². The number of nitrogens with zero attached hydrogens (tertiary/aromatic N) is 3. The van der Waals surface area contributed by atoms with Gasteiger partial charge in [0.1, 0.15) is 0 Å². The minimum atomic E-state index is -0.230. The second-order valence-electron chi connectivity index (χ2n) is 8.20. The van der Waals surface area contributed by atoms with Crippen LogP contribution in [0, 0.1) is 0 Å². The largest absolute Gasteiger partial charge is 0.378 e. The van der Waals surface area contributed by atoms with Crippen LogP contribution in [0.15, 0.2) is 60.8 Å². The van der Waals surface area contributed by atoms with Crippen molar-refractivity contribution in [3.05, 3.63) is 60.8 Å². The summed E-state index contributed by atoms with van der Waals surface area (Å²) in [6, 6.07) is 17.5. The molecule has 3 N–H and O–H groups in total. The first-order valence-electron chi connectivity index (χ1n) is 11.5. The number of carbonyl (C=O) groups is 1. The van der Waals surface area contributed by atoms with E-state index in [1.165, 1.54) is 5.69 Å². The Labute approximate surface area is 198 Å². The number of aromatic nitrogens is 2. The first-order valence-corrected chi connectivity index (χ1v) is 11.5. The Morgan fingerprint density at radius 3 is 2.44 bits per heavy atom. The number of anilines is 4. The topological polar surface area (TPSA) is 101 Å². The Balaban J connectivity index is 1.21. The van der Waals surface area contributed by atoms with Crippen LogP contribution < -0.4 is 20.9 Å². The molecular weight excluding hydrogens is 432 g/mol. The van der Waals surface area contributed by atoms with Gasteiger partial charge in [0.15, 0.2) is 0 Å². The van der Waals surface area contributed by atoms with Gasteiger partial charge in [0, 0.05) is 41.9 Å². The molecular formula is C25H28N6O3. The predicted octanol–water partition coefficient (Wildman–Crippen LogP) is 3.00. The number of morpholine rings is 1. The Morgan fingerprint density at radius 2 is 1.71 bits per heavy atom. The zero-order chi connectivity index (χ0) is 23.2. The summed E-state index contributed by atoms with van der Waals surface area (Å²) in [5.41, 5.74) is 4.59. The number of ether oxygens (including phenoxy) is 2. The predicted molar refractivity (Wildman–Crippen MR) is 131 cm³/mol. The fraction of sp³-hybridized carbons (Fsp3) is 0.320. The van der Waals surface area contributed by atoms with Crippen molar-refractivity contribution < 1.29 is 14.3 Å². The third kappa shape index (κ3) is 5.51. The monoisotopic (exact) mass is 460 g/mol. The Bertz CT molecular complexity index is 1090. The summed E-state index contributed by atoms with van der Waals surface area (Å²) in [5.74, 6) is 0.476. The highest BCUT2D eigenvalue weighted by molar-refractivity contribution is 5.95. The molecule has 2 fully saturated rings. The van der Waals surface area contributed by atoms with Crippen LogP contribution in [0.5, 0.6) is 0 Å². The maximum atomic E-state index is 12.4. The normalized spacial score (nSPS) is 18.4. The van der Waals surface area contributed by atoms with Crippen LogP contribution in [0.1, 0.15) is 6.42 Å². The van der Waals surface area contributed by atoms with E-state index in [1.807, 2.05) is 42.5 Å². The fourth-order valence-corrected chi connectivity index (χ4v) is 4.00. The van der Waals surface area contributed by atoms with Gasteiger partial charge in [-0.1, -0.05) is 12.1 Å². The highest BCUT2D eigenvalue weighted by Crippen LogP contribution is 2.23. The lowest BCUT2D eigenvalue weighted by atomic mass is 10.1. The molecule has 3 aromatic rings. The van der Waals surface area contributed by atoms with Gasteiger partial charge in [0.2, 0.25) is 11.9 Å². The van der Waals surface area contributed by atoms with E-state index in [0.717, 1.165) is 48.9 Å². The van der Waals surface area contributed by atoms with Crippen molar-refractivity contribution in [1.82, 2.24) is 15.3 Å². The molecule has 5 rings (SSSR count). The minimum absolute atomic E-state index is 0.0517. The molecule has 0 saturated carbocycles. The molecule has 2 aliphatic rings. The second-order valence-corrected chi connectivity index (χ2v) is 8.20.